The summed E-state index contributed by atoms with van der Waals surface area (Å²) in [5.74, 6) is -0.112. The highest BCUT2D eigenvalue weighted by Crippen LogP contribution is 2.20. The van der Waals surface area contributed by atoms with Gasteiger partial charge in [-0.2, -0.15) is 0 Å². The molecule has 8 heteroatoms. The predicted octanol–water partition coefficient (Wildman–Crippen LogP) is 2.01. The van der Waals surface area contributed by atoms with E-state index in [0.29, 0.717) is 24.2 Å². The number of carbonyl (C=O) groups excluding carboxylic acids is 1. The number of likely N-dealkylation sites (tertiary alicyclic amines) is 1. The van der Waals surface area contributed by atoms with Crippen molar-refractivity contribution in [1.29, 1.82) is 0 Å². The van der Waals surface area contributed by atoms with Gasteiger partial charge in [-0.25, -0.2) is 13.1 Å². The summed E-state index contributed by atoms with van der Waals surface area (Å²) >= 11 is 0. The molecule has 0 bridgehead atoms. The van der Waals surface area contributed by atoms with Crippen LogP contribution in [0, 0.1) is 0 Å². The van der Waals surface area contributed by atoms with Crippen molar-refractivity contribution in [2.24, 2.45) is 0 Å². The zero-order valence-electron chi connectivity index (χ0n) is 15.3. The molecule has 1 aliphatic heterocycles. The average molecular weight is 388 g/mol. The molecule has 3 rings (SSSR count). The SMILES string of the molecule is C[C@H]1CCCCN1C(=O)c1cccc(S(=O)(=O)NCCc2cnccn2)c1. The Labute approximate surface area is 159 Å². The Bertz CT molecular complexity index is 887. The van der Waals surface area contributed by atoms with Gasteiger partial charge in [0.15, 0.2) is 0 Å². The van der Waals surface area contributed by atoms with Gasteiger partial charge >= 0.3 is 0 Å². The molecule has 1 fully saturated rings. The molecule has 0 saturated carbocycles. The number of nitrogens with one attached hydrogen (secondary N) is 1. The third kappa shape index (κ3) is 4.90. The standard InChI is InChI=1S/C19H24N4O3S/c1-15-5-2-3-12-23(15)19(24)16-6-4-7-18(13-16)27(25,26)22-9-8-17-14-20-10-11-21-17/h4,6-7,10-11,13-15,22H,2-3,5,8-9,12H2,1H3/t15-/m0/s1. The molecule has 7 nitrogen and oxygen atoms in total. The molecule has 2 aromatic rings. The van der Waals surface area contributed by atoms with Crippen molar-refractivity contribution in [1.82, 2.24) is 19.6 Å². The number of aromatic nitrogens is 2. The fraction of sp³-hybridized carbons (Fsp3) is 0.421. The Balaban J connectivity index is 1.69. The van der Waals surface area contributed by atoms with Gasteiger partial charge in [-0.15, -0.1) is 0 Å². The van der Waals surface area contributed by atoms with Gasteiger partial charge in [0.1, 0.15) is 0 Å². The number of benzene rings is 1. The molecule has 1 N–H and O–H groups in total. The van der Waals surface area contributed by atoms with Crippen molar-refractivity contribution < 1.29 is 13.2 Å². The van der Waals surface area contributed by atoms with Gasteiger partial charge in [-0.05, 0) is 44.4 Å². The molecule has 1 atom stereocenters. The van der Waals surface area contributed by atoms with Crippen LogP contribution in [0.5, 0.6) is 0 Å². The van der Waals surface area contributed by atoms with Crippen molar-refractivity contribution in [2.75, 3.05) is 13.1 Å². The zero-order valence-corrected chi connectivity index (χ0v) is 16.2. The third-order valence-corrected chi connectivity index (χ3v) is 6.20. The molecule has 0 aliphatic carbocycles. The van der Waals surface area contributed by atoms with E-state index in [1.807, 2.05) is 11.8 Å². The molecule has 144 valence electrons. The molecular formula is C19H24N4O3S. The van der Waals surface area contributed by atoms with E-state index in [4.69, 9.17) is 0 Å². The van der Waals surface area contributed by atoms with Crippen LogP contribution >= 0.6 is 0 Å². The van der Waals surface area contributed by atoms with E-state index >= 15 is 0 Å². The Morgan fingerprint density at radius 3 is 2.89 bits per heavy atom. The molecular weight excluding hydrogens is 364 g/mol. The summed E-state index contributed by atoms with van der Waals surface area (Å²) in [4.78, 5) is 22.8. The zero-order chi connectivity index (χ0) is 19.3. The second kappa shape index (κ2) is 8.58. The molecule has 1 amide bonds. The normalized spacial score (nSPS) is 17.7. The van der Waals surface area contributed by atoms with E-state index in [-0.39, 0.29) is 23.4 Å². The van der Waals surface area contributed by atoms with E-state index in [2.05, 4.69) is 14.7 Å². The second-order valence-electron chi connectivity index (χ2n) is 6.72. The van der Waals surface area contributed by atoms with Crippen molar-refractivity contribution in [2.45, 2.75) is 43.5 Å². The summed E-state index contributed by atoms with van der Waals surface area (Å²) in [5, 5.41) is 0. The van der Waals surface area contributed by atoms with E-state index in [9.17, 15) is 13.2 Å². The number of nitrogens with zero attached hydrogens (tertiary/aromatic N) is 3. The lowest BCUT2D eigenvalue weighted by atomic mass is 10.0. The predicted molar refractivity (Wildman–Crippen MR) is 102 cm³/mol. The Morgan fingerprint density at radius 2 is 2.15 bits per heavy atom. The fourth-order valence-electron chi connectivity index (χ4n) is 3.22. The van der Waals surface area contributed by atoms with Crippen molar-refractivity contribution in [3.05, 3.63) is 54.1 Å². The van der Waals surface area contributed by atoms with Crippen LogP contribution in [0.1, 0.15) is 42.2 Å². The number of amides is 1. The van der Waals surface area contributed by atoms with Crippen LogP contribution in [0.15, 0.2) is 47.8 Å². The number of piperidine rings is 1. The number of hydrogen-bond acceptors (Lipinski definition) is 5. The molecule has 0 radical (unpaired) electrons. The van der Waals surface area contributed by atoms with Crippen LogP contribution in [0.2, 0.25) is 0 Å². The highest BCUT2D eigenvalue weighted by Gasteiger charge is 2.25. The minimum Gasteiger partial charge on any atom is -0.336 e. The molecule has 1 aliphatic rings. The summed E-state index contributed by atoms with van der Waals surface area (Å²) in [5.41, 5.74) is 1.11. The first-order valence-electron chi connectivity index (χ1n) is 9.13. The minimum atomic E-state index is -3.70. The van der Waals surface area contributed by atoms with E-state index in [1.165, 1.54) is 12.1 Å². The van der Waals surface area contributed by atoms with Gasteiger partial charge in [-0.3, -0.25) is 14.8 Å². The monoisotopic (exact) mass is 388 g/mol. The second-order valence-corrected chi connectivity index (χ2v) is 8.48. The fourth-order valence-corrected chi connectivity index (χ4v) is 4.30. The first-order chi connectivity index (χ1) is 13.0. The highest BCUT2D eigenvalue weighted by atomic mass is 32.2. The van der Waals surface area contributed by atoms with Crippen LogP contribution in [0.4, 0.5) is 0 Å². The highest BCUT2D eigenvalue weighted by molar-refractivity contribution is 7.89. The summed E-state index contributed by atoms with van der Waals surface area (Å²) in [6.07, 6.45) is 8.27. The van der Waals surface area contributed by atoms with E-state index < -0.39 is 10.0 Å². The molecule has 2 heterocycles. The number of rotatable bonds is 6. The molecule has 27 heavy (non-hydrogen) atoms. The molecule has 1 aromatic heterocycles. The quantitative estimate of drug-likeness (QED) is 0.817. The van der Waals surface area contributed by atoms with Gasteiger partial charge in [0.05, 0.1) is 10.6 Å². The maximum Gasteiger partial charge on any atom is 0.254 e. The summed E-state index contributed by atoms with van der Waals surface area (Å²) in [7, 11) is -3.70. The first-order valence-corrected chi connectivity index (χ1v) is 10.6. The maximum atomic E-state index is 12.8. The van der Waals surface area contributed by atoms with Crippen LogP contribution < -0.4 is 4.72 Å². The van der Waals surface area contributed by atoms with Crippen molar-refractivity contribution in [3.63, 3.8) is 0 Å². The molecule has 1 saturated heterocycles. The maximum absolute atomic E-state index is 12.8. The summed E-state index contributed by atoms with van der Waals surface area (Å²) in [6.45, 7) is 2.96. The van der Waals surface area contributed by atoms with E-state index in [0.717, 1.165) is 19.3 Å². The number of hydrogen-bond donors (Lipinski definition) is 1. The van der Waals surface area contributed by atoms with Gasteiger partial charge in [0, 0.05) is 49.7 Å². The minimum absolute atomic E-state index is 0.0946. The lowest BCUT2D eigenvalue weighted by molar-refractivity contribution is 0.0635. The molecule has 1 aromatic carbocycles. The van der Waals surface area contributed by atoms with Gasteiger partial charge in [0.25, 0.3) is 5.91 Å². The van der Waals surface area contributed by atoms with Crippen LogP contribution in [-0.2, 0) is 16.4 Å². The lowest BCUT2D eigenvalue weighted by Crippen LogP contribution is -2.42. The topological polar surface area (TPSA) is 92.3 Å². The molecule has 0 spiro atoms. The Hall–Kier alpha value is -2.32. The van der Waals surface area contributed by atoms with Gasteiger partial charge < -0.3 is 4.90 Å². The molecule has 0 unspecified atom stereocenters. The lowest BCUT2D eigenvalue weighted by Gasteiger charge is -2.33. The number of carbonyl (C=O) groups is 1. The average Bonchev–Trinajstić information content (AvgIpc) is 2.69. The van der Waals surface area contributed by atoms with Crippen molar-refractivity contribution >= 4 is 15.9 Å². The smallest absolute Gasteiger partial charge is 0.254 e. The first kappa shape index (κ1) is 19.4. The Morgan fingerprint density at radius 1 is 1.30 bits per heavy atom. The summed E-state index contributed by atoms with van der Waals surface area (Å²) < 4.78 is 27.7. The Kier molecular flexibility index (Phi) is 6.18. The third-order valence-electron chi connectivity index (χ3n) is 4.74. The van der Waals surface area contributed by atoms with Crippen LogP contribution in [-0.4, -0.2) is 48.3 Å². The van der Waals surface area contributed by atoms with Gasteiger partial charge in [0.2, 0.25) is 10.0 Å². The summed E-state index contributed by atoms with van der Waals surface area (Å²) in [6, 6.07) is 6.41. The largest absolute Gasteiger partial charge is 0.336 e. The van der Waals surface area contributed by atoms with E-state index in [1.54, 1.807) is 30.7 Å². The van der Waals surface area contributed by atoms with Crippen LogP contribution in [0.25, 0.3) is 0 Å². The number of sulfonamides is 1. The van der Waals surface area contributed by atoms with Gasteiger partial charge in [-0.1, -0.05) is 6.07 Å². The van der Waals surface area contributed by atoms with Crippen molar-refractivity contribution in [3.8, 4) is 0 Å². The van der Waals surface area contributed by atoms with Crippen LogP contribution in [0.3, 0.4) is 0 Å².